The van der Waals surface area contributed by atoms with Crippen molar-refractivity contribution in [3.8, 4) is 0 Å². The predicted molar refractivity (Wildman–Crippen MR) is 75.8 cm³/mol. The first-order valence-electron chi connectivity index (χ1n) is 6.21. The van der Waals surface area contributed by atoms with Crippen LogP contribution >= 0.6 is 0 Å². The number of nitro benzene ring substituents is 1. The fourth-order valence-electron chi connectivity index (χ4n) is 1.56. The normalized spacial score (nSPS) is 10.9. The maximum Gasteiger partial charge on any atom is 0.343 e. The smallest absolute Gasteiger partial charge is 0.343 e. The number of ether oxygens (including phenoxy) is 1. The second kappa shape index (κ2) is 7.18. The van der Waals surface area contributed by atoms with E-state index in [4.69, 9.17) is 4.74 Å². The van der Waals surface area contributed by atoms with Crippen LogP contribution in [-0.4, -0.2) is 42.3 Å². The summed E-state index contributed by atoms with van der Waals surface area (Å²) in [7, 11) is 3.34. The van der Waals surface area contributed by atoms with E-state index in [1.807, 2.05) is 0 Å². The van der Waals surface area contributed by atoms with E-state index in [1.54, 1.807) is 25.9 Å². The van der Waals surface area contributed by atoms with Gasteiger partial charge in [0.2, 0.25) is 5.78 Å². The molecule has 7 nitrogen and oxygen atoms in total. The van der Waals surface area contributed by atoms with Crippen LogP contribution < -0.4 is 0 Å². The average Bonchev–Trinajstić information content (AvgIpc) is 2.44. The Balaban J connectivity index is 3.11. The van der Waals surface area contributed by atoms with E-state index in [1.165, 1.54) is 30.5 Å². The zero-order valence-corrected chi connectivity index (χ0v) is 12.0. The van der Waals surface area contributed by atoms with E-state index in [-0.39, 0.29) is 23.4 Å². The summed E-state index contributed by atoms with van der Waals surface area (Å²) in [5.41, 5.74) is -0.0710. The van der Waals surface area contributed by atoms with Crippen LogP contribution in [0.15, 0.2) is 36.0 Å². The number of esters is 1. The minimum absolute atomic E-state index is 0.124. The zero-order chi connectivity index (χ0) is 16.0. The molecule has 112 valence electrons. The van der Waals surface area contributed by atoms with Crippen LogP contribution in [0.3, 0.4) is 0 Å². The second-order valence-corrected chi connectivity index (χ2v) is 4.36. The summed E-state index contributed by atoms with van der Waals surface area (Å²) in [5, 5.41) is 10.6. The maximum atomic E-state index is 12.3. The van der Waals surface area contributed by atoms with Crippen LogP contribution in [0.5, 0.6) is 0 Å². The monoisotopic (exact) mass is 292 g/mol. The summed E-state index contributed by atoms with van der Waals surface area (Å²) >= 11 is 0. The van der Waals surface area contributed by atoms with Gasteiger partial charge < -0.3 is 9.64 Å². The minimum atomic E-state index is -0.727. The van der Waals surface area contributed by atoms with E-state index >= 15 is 0 Å². The van der Waals surface area contributed by atoms with Crippen LogP contribution in [0.4, 0.5) is 5.69 Å². The number of carbonyl (C=O) groups excluding carboxylic acids is 2. The maximum absolute atomic E-state index is 12.3. The molecule has 1 aromatic rings. The van der Waals surface area contributed by atoms with Crippen molar-refractivity contribution in [3.05, 3.63) is 51.7 Å². The van der Waals surface area contributed by atoms with Gasteiger partial charge in [0.05, 0.1) is 11.5 Å². The SMILES string of the molecule is CCOC(=O)C(=CN(C)C)C(=O)c1ccc([N+](=O)[O-])cc1. The Kier molecular flexibility index (Phi) is 5.59. The Morgan fingerprint density at radius 1 is 1.29 bits per heavy atom. The van der Waals surface area contributed by atoms with E-state index in [0.717, 1.165) is 0 Å². The van der Waals surface area contributed by atoms with E-state index in [9.17, 15) is 19.7 Å². The Morgan fingerprint density at radius 3 is 2.29 bits per heavy atom. The number of hydrogen-bond donors (Lipinski definition) is 0. The number of benzene rings is 1. The number of nitrogens with zero attached hydrogens (tertiary/aromatic N) is 2. The first-order chi connectivity index (χ1) is 9.86. The second-order valence-electron chi connectivity index (χ2n) is 4.36. The number of non-ortho nitro benzene ring substituents is 1. The van der Waals surface area contributed by atoms with Gasteiger partial charge in [-0.25, -0.2) is 4.79 Å². The molecular weight excluding hydrogens is 276 g/mol. The third-order valence-electron chi connectivity index (χ3n) is 2.47. The lowest BCUT2D eigenvalue weighted by Gasteiger charge is -2.10. The van der Waals surface area contributed by atoms with Crippen molar-refractivity contribution in [2.75, 3.05) is 20.7 Å². The topological polar surface area (TPSA) is 89.8 Å². The highest BCUT2D eigenvalue weighted by atomic mass is 16.6. The van der Waals surface area contributed by atoms with Gasteiger partial charge in [0.15, 0.2) is 0 Å². The lowest BCUT2D eigenvalue weighted by molar-refractivity contribution is -0.384. The van der Waals surface area contributed by atoms with Gasteiger partial charge in [-0.15, -0.1) is 0 Å². The Morgan fingerprint density at radius 2 is 1.86 bits per heavy atom. The number of Topliss-reactive ketones (excluding diaryl/α,β-unsaturated/α-hetero) is 1. The van der Waals surface area contributed by atoms with E-state index < -0.39 is 16.7 Å². The standard InChI is InChI=1S/C14H16N2O5/c1-4-21-14(18)12(9-15(2)3)13(17)10-5-7-11(8-6-10)16(19)20/h5-9H,4H2,1-3H3. The summed E-state index contributed by atoms with van der Waals surface area (Å²) in [5.74, 6) is -1.27. The molecule has 0 atom stereocenters. The van der Waals surface area contributed by atoms with Crippen LogP contribution in [0.1, 0.15) is 17.3 Å². The van der Waals surface area contributed by atoms with Crippen LogP contribution in [0.25, 0.3) is 0 Å². The molecule has 0 aliphatic rings. The zero-order valence-electron chi connectivity index (χ0n) is 12.0. The van der Waals surface area contributed by atoms with Crippen molar-refractivity contribution in [2.45, 2.75) is 6.92 Å². The van der Waals surface area contributed by atoms with Crippen LogP contribution in [0.2, 0.25) is 0 Å². The first-order valence-corrected chi connectivity index (χ1v) is 6.21. The van der Waals surface area contributed by atoms with Crippen molar-refractivity contribution in [2.24, 2.45) is 0 Å². The number of ketones is 1. The molecule has 0 N–H and O–H groups in total. The molecule has 21 heavy (non-hydrogen) atoms. The van der Waals surface area contributed by atoms with Gasteiger partial charge >= 0.3 is 5.97 Å². The van der Waals surface area contributed by atoms with Gasteiger partial charge in [0, 0.05) is 38.0 Å². The van der Waals surface area contributed by atoms with Crippen molar-refractivity contribution >= 4 is 17.4 Å². The van der Waals surface area contributed by atoms with Gasteiger partial charge in [-0.3, -0.25) is 14.9 Å². The summed E-state index contributed by atoms with van der Waals surface area (Å²) in [6, 6.07) is 5.05. The Hall–Kier alpha value is -2.70. The highest BCUT2D eigenvalue weighted by Crippen LogP contribution is 2.16. The fraction of sp³-hybridized carbons (Fsp3) is 0.286. The molecule has 0 aromatic heterocycles. The van der Waals surface area contributed by atoms with Gasteiger partial charge in [0.1, 0.15) is 5.57 Å². The highest BCUT2D eigenvalue weighted by Gasteiger charge is 2.22. The predicted octanol–water partition coefficient (Wildman–Crippen LogP) is 1.79. The minimum Gasteiger partial charge on any atom is -0.462 e. The molecule has 0 fully saturated rings. The summed E-state index contributed by atoms with van der Waals surface area (Å²) in [6.45, 7) is 1.79. The molecule has 0 saturated heterocycles. The van der Waals surface area contributed by atoms with Gasteiger partial charge in [-0.05, 0) is 19.1 Å². The molecule has 0 radical (unpaired) electrons. The largest absolute Gasteiger partial charge is 0.462 e. The van der Waals surface area contributed by atoms with E-state index in [2.05, 4.69) is 0 Å². The molecule has 0 heterocycles. The lowest BCUT2D eigenvalue weighted by Crippen LogP contribution is -2.19. The summed E-state index contributed by atoms with van der Waals surface area (Å²) in [4.78, 5) is 35.7. The third kappa shape index (κ3) is 4.41. The van der Waals surface area contributed by atoms with E-state index in [0.29, 0.717) is 0 Å². The summed E-state index contributed by atoms with van der Waals surface area (Å²) < 4.78 is 4.85. The summed E-state index contributed by atoms with van der Waals surface area (Å²) in [6.07, 6.45) is 1.36. The number of rotatable bonds is 6. The molecule has 0 aliphatic carbocycles. The molecule has 0 saturated carbocycles. The molecule has 0 aliphatic heterocycles. The number of nitro groups is 1. The van der Waals surface area contributed by atoms with Crippen LogP contribution in [-0.2, 0) is 9.53 Å². The van der Waals surface area contributed by atoms with Crippen molar-refractivity contribution in [1.82, 2.24) is 4.90 Å². The number of hydrogen-bond acceptors (Lipinski definition) is 6. The Bertz CT molecular complexity index is 576. The van der Waals surface area contributed by atoms with Gasteiger partial charge in [-0.1, -0.05) is 0 Å². The third-order valence-corrected chi connectivity index (χ3v) is 2.47. The Labute approximate surface area is 122 Å². The van der Waals surface area contributed by atoms with Crippen molar-refractivity contribution in [3.63, 3.8) is 0 Å². The van der Waals surface area contributed by atoms with Crippen molar-refractivity contribution in [1.29, 1.82) is 0 Å². The molecule has 0 amide bonds. The molecule has 1 rings (SSSR count). The average molecular weight is 292 g/mol. The fourth-order valence-corrected chi connectivity index (χ4v) is 1.56. The molecule has 0 spiro atoms. The van der Waals surface area contributed by atoms with Crippen LogP contribution in [0, 0.1) is 10.1 Å². The lowest BCUT2D eigenvalue weighted by atomic mass is 10.0. The first kappa shape index (κ1) is 16.4. The van der Waals surface area contributed by atoms with Crippen molar-refractivity contribution < 1.29 is 19.2 Å². The van der Waals surface area contributed by atoms with Gasteiger partial charge in [-0.2, -0.15) is 0 Å². The van der Waals surface area contributed by atoms with Gasteiger partial charge in [0.25, 0.3) is 5.69 Å². The quantitative estimate of drug-likeness (QED) is 0.151. The highest BCUT2D eigenvalue weighted by molar-refractivity contribution is 6.24. The molecular formula is C14H16N2O5. The number of carbonyl (C=O) groups is 2. The molecule has 7 heteroatoms. The molecule has 1 aromatic carbocycles. The molecule has 0 unspecified atom stereocenters. The molecule has 0 bridgehead atoms.